The molecular weight excluding hydrogens is 325 g/mol. The number of nitrogens with one attached hydrogen (secondary N) is 1. The van der Waals surface area contributed by atoms with Crippen molar-refractivity contribution in [3.8, 4) is 11.4 Å². The van der Waals surface area contributed by atoms with Crippen LogP contribution in [0.15, 0.2) is 40.2 Å². The summed E-state index contributed by atoms with van der Waals surface area (Å²) in [6.07, 6.45) is 1.60. The van der Waals surface area contributed by atoms with E-state index in [-0.39, 0.29) is 5.82 Å². The van der Waals surface area contributed by atoms with Crippen molar-refractivity contribution >= 4 is 11.3 Å². The van der Waals surface area contributed by atoms with E-state index in [1.165, 1.54) is 10.9 Å². The standard InChI is InChI=1S/C18H20FN3OS/c1-12-7-8-14(11-15(12)19)18-21-17(23-22-18)6-3-9-20-13(2)16-5-4-10-24-16/h4-5,7-8,10-11,13,20H,3,6,9H2,1-2H3. The second-order valence-corrected chi connectivity index (χ2v) is 6.75. The normalized spacial score (nSPS) is 12.5. The minimum atomic E-state index is -0.259. The molecule has 0 radical (unpaired) electrons. The minimum absolute atomic E-state index is 0.259. The average molecular weight is 345 g/mol. The lowest BCUT2D eigenvalue weighted by molar-refractivity contribution is 0.374. The van der Waals surface area contributed by atoms with Gasteiger partial charge in [-0.15, -0.1) is 11.3 Å². The van der Waals surface area contributed by atoms with Crippen molar-refractivity contribution in [2.24, 2.45) is 0 Å². The fourth-order valence-corrected chi connectivity index (χ4v) is 3.16. The van der Waals surface area contributed by atoms with E-state index in [4.69, 9.17) is 4.52 Å². The first kappa shape index (κ1) is 16.8. The first-order chi connectivity index (χ1) is 11.6. The van der Waals surface area contributed by atoms with Gasteiger partial charge in [0.05, 0.1) is 0 Å². The molecule has 2 heterocycles. The number of hydrogen-bond acceptors (Lipinski definition) is 5. The molecule has 0 aliphatic rings. The van der Waals surface area contributed by atoms with Gasteiger partial charge >= 0.3 is 0 Å². The van der Waals surface area contributed by atoms with Crippen molar-refractivity contribution in [1.29, 1.82) is 0 Å². The Labute approximate surface area is 144 Å². The monoisotopic (exact) mass is 345 g/mol. The molecule has 0 aliphatic heterocycles. The van der Waals surface area contributed by atoms with Gasteiger partial charge in [-0.1, -0.05) is 23.4 Å². The van der Waals surface area contributed by atoms with Crippen LogP contribution in [0.25, 0.3) is 11.4 Å². The molecule has 4 nitrogen and oxygen atoms in total. The minimum Gasteiger partial charge on any atom is -0.339 e. The lowest BCUT2D eigenvalue weighted by atomic mass is 10.1. The Hall–Kier alpha value is -2.05. The smallest absolute Gasteiger partial charge is 0.227 e. The largest absolute Gasteiger partial charge is 0.339 e. The van der Waals surface area contributed by atoms with Crippen LogP contribution in [-0.4, -0.2) is 16.7 Å². The molecule has 1 unspecified atom stereocenters. The van der Waals surface area contributed by atoms with Crippen molar-refractivity contribution in [2.75, 3.05) is 6.54 Å². The highest BCUT2D eigenvalue weighted by molar-refractivity contribution is 7.10. The number of nitrogens with zero attached hydrogens (tertiary/aromatic N) is 2. The summed E-state index contributed by atoms with van der Waals surface area (Å²) < 4.78 is 18.9. The molecule has 0 aliphatic carbocycles. The van der Waals surface area contributed by atoms with E-state index < -0.39 is 0 Å². The third kappa shape index (κ3) is 4.07. The molecule has 0 bridgehead atoms. The molecule has 2 aromatic heterocycles. The molecule has 3 aromatic rings. The quantitative estimate of drug-likeness (QED) is 0.639. The van der Waals surface area contributed by atoms with Gasteiger partial charge in [0.1, 0.15) is 5.82 Å². The molecule has 6 heteroatoms. The number of hydrogen-bond donors (Lipinski definition) is 1. The number of rotatable bonds is 7. The Morgan fingerprint density at radius 3 is 2.96 bits per heavy atom. The van der Waals surface area contributed by atoms with Crippen LogP contribution >= 0.6 is 11.3 Å². The molecule has 0 saturated carbocycles. The molecule has 3 rings (SSSR count). The topological polar surface area (TPSA) is 51.0 Å². The Balaban J connectivity index is 1.50. The summed E-state index contributed by atoms with van der Waals surface area (Å²) in [7, 11) is 0. The Bertz CT molecular complexity index is 785. The van der Waals surface area contributed by atoms with Gasteiger partial charge in [0.2, 0.25) is 11.7 Å². The molecule has 0 saturated heterocycles. The summed E-state index contributed by atoms with van der Waals surface area (Å²) in [5, 5.41) is 9.50. The van der Waals surface area contributed by atoms with Gasteiger partial charge in [-0.2, -0.15) is 4.98 Å². The lowest BCUT2D eigenvalue weighted by Crippen LogP contribution is -2.19. The lowest BCUT2D eigenvalue weighted by Gasteiger charge is -2.10. The summed E-state index contributed by atoms with van der Waals surface area (Å²) in [4.78, 5) is 5.68. The molecule has 0 fully saturated rings. The number of thiophene rings is 1. The zero-order valence-electron chi connectivity index (χ0n) is 13.8. The van der Waals surface area contributed by atoms with E-state index in [0.29, 0.717) is 35.3 Å². The van der Waals surface area contributed by atoms with Gasteiger partial charge in [-0.3, -0.25) is 0 Å². The molecule has 1 N–H and O–H groups in total. The second-order valence-electron chi connectivity index (χ2n) is 5.77. The zero-order chi connectivity index (χ0) is 16.9. The maximum absolute atomic E-state index is 13.6. The van der Waals surface area contributed by atoms with Gasteiger partial charge in [-0.05, 0) is 49.9 Å². The molecule has 1 atom stereocenters. The number of aryl methyl sites for hydroxylation is 2. The highest BCUT2D eigenvalue weighted by Gasteiger charge is 2.11. The van der Waals surface area contributed by atoms with E-state index >= 15 is 0 Å². The van der Waals surface area contributed by atoms with Crippen molar-refractivity contribution in [1.82, 2.24) is 15.5 Å². The number of aromatic nitrogens is 2. The molecule has 0 spiro atoms. The van der Waals surface area contributed by atoms with Crippen molar-refractivity contribution in [3.63, 3.8) is 0 Å². The van der Waals surface area contributed by atoms with Crippen molar-refractivity contribution < 1.29 is 8.91 Å². The van der Waals surface area contributed by atoms with E-state index in [1.54, 1.807) is 30.4 Å². The fourth-order valence-electron chi connectivity index (χ4n) is 2.40. The third-order valence-corrected chi connectivity index (χ3v) is 4.94. The van der Waals surface area contributed by atoms with Gasteiger partial charge < -0.3 is 9.84 Å². The van der Waals surface area contributed by atoms with Crippen LogP contribution in [0, 0.1) is 12.7 Å². The van der Waals surface area contributed by atoms with Crippen LogP contribution in [-0.2, 0) is 6.42 Å². The maximum Gasteiger partial charge on any atom is 0.227 e. The molecule has 126 valence electrons. The van der Waals surface area contributed by atoms with E-state index in [2.05, 4.69) is 39.9 Å². The van der Waals surface area contributed by atoms with Crippen molar-refractivity contribution in [3.05, 3.63) is 57.9 Å². The van der Waals surface area contributed by atoms with Gasteiger partial charge in [-0.25, -0.2) is 4.39 Å². The van der Waals surface area contributed by atoms with E-state index in [9.17, 15) is 4.39 Å². The van der Waals surface area contributed by atoms with E-state index in [0.717, 1.165) is 13.0 Å². The number of benzene rings is 1. The Morgan fingerprint density at radius 2 is 2.21 bits per heavy atom. The Morgan fingerprint density at radius 1 is 1.33 bits per heavy atom. The van der Waals surface area contributed by atoms with Crippen LogP contribution in [0.1, 0.15) is 35.7 Å². The zero-order valence-corrected chi connectivity index (χ0v) is 14.6. The third-order valence-electron chi connectivity index (χ3n) is 3.89. The van der Waals surface area contributed by atoms with Gasteiger partial charge in [0.25, 0.3) is 0 Å². The van der Waals surface area contributed by atoms with Crippen LogP contribution in [0.4, 0.5) is 4.39 Å². The molecule has 0 amide bonds. The molecule has 24 heavy (non-hydrogen) atoms. The summed E-state index contributed by atoms with van der Waals surface area (Å²) >= 11 is 1.75. The van der Waals surface area contributed by atoms with Crippen LogP contribution in [0.3, 0.4) is 0 Å². The molecular formula is C18H20FN3OS. The SMILES string of the molecule is Cc1ccc(-c2noc(CCCNC(C)c3cccs3)n2)cc1F. The maximum atomic E-state index is 13.6. The van der Waals surface area contributed by atoms with E-state index in [1.807, 2.05) is 0 Å². The van der Waals surface area contributed by atoms with Crippen LogP contribution in [0.2, 0.25) is 0 Å². The summed E-state index contributed by atoms with van der Waals surface area (Å²) in [5.74, 6) is 0.756. The first-order valence-corrected chi connectivity index (χ1v) is 8.87. The first-order valence-electron chi connectivity index (χ1n) is 7.99. The summed E-state index contributed by atoms with van der Waals surface area (Å²) in [6, 6.07) is 9.50. The summed E-state index contributed by atoms with van der Waals surface area (Å²) in [6.45, 7) is 4.75. The Kier molecular flexibility index (Phi) is 5.37. The summed E-state index contributed by atoms with van der Waals surface area (Å²) in [5.41, 5.74) is 1.24. The molecule has 1 aromatic carbocycles. The predicted molar refractivity (Wildman–Crippen MR) is 93.5 cm³/mol. The van der Waals surface area contributed by atoms with Crippen LogP contribution in [0.5, 0.6) is 0 Å². The second kappa shape index (κ2) is 7.68. The predicted octanol–water partition coefficient (Wildman–Crippen LogP) is 4.53. The highest BCUT2D eigenvalue weighted by atomic mass is 32.1. The van der Waals surface area contributed by atoms with Gasteiger partial charge in [0.15, 0.2) is 0 Å². The fraction of sp³-hybridized carbons (Fsp3) is 0.333. The van der Waals surface area contributed by atoms with Crippen LogP contribution < -0.4 is 5.32 Å². The number of halogens is 1. The van der Waals surface area contributed by atoms with Gasteiger partial charge in [0, 0.05) is 22.9 Å². The van der Waals surface area contributed by atoms with Crippen molar-refractivity contribution in [2.45, 2.75) is 32.7 Å². The average Bonchev–Trinajstić information content (AvgIpc) is 3.25. The highest BCUT2D eigenvalue weighted by Crippen LogP contribution is 2.20.